The standard InChI is InChI=1S/C26H35F2N9O2/c1-17(2)15-18(29)16-21(38)34-7-9-35(10-8-34)24-31-25(36-11-13-39-14-12-36)33-26(32-24)37-20-6-4-3-5-19(20)30-23(37)22(27)28/h3-6,17-18,22H,7-16,29H2,1-2H3/t18-/m0/s1. The Hall–Kier alpha value is -3.45. The third-order valence-corrected chi connectivity index (χ3v) is 7.00. The number of nitrogens with zero attached hydrogens (tertiary/aromatic N) is 8. The molecule has 210 valence electrons. The number of morpholine rings is 1. The van der Waals surface area contributed by atoms with Crippen LogP contribution in [0.1, 0.15) is 38.9 Å². The first-order valence-electron chi connectivity index (χ1n) is 13.4. The number of benzene rings is 1. The molecule has 2 fully saturated rings. The molecule has 2 aliphatic heterocycles. The summed E-state index contributed by atoms with van der Waals surface area (Å²) >= 11 is 0. The molecule has 2 aromatic heterocycles. The summed E-state index contributed by atoms with van der Waals surface area (Å²) in [5, 5.41) is 0. The Morgan fingerprint density at radius 3 is 2.18 bits per heavy atom. The van der Waals surface area contributed by atoms with Gasteiger partial charge in [0.1, 0.15) is 0 Å². The third kappa shape index (κ3) is 6.09. The van der Waals surface area contributed by atoms with E-state index < -0.39 is 12.2 Å². The number of ether oxygens (including phenoxy) is 1. The first kappa shape index (κ1) is 27.1. The van der Waals surface area contributed by atoms with Crippen LogP contribution in [0.2, 0.25) is 0 Å². The molecule has 1 aromatic carbocycles. The smallest absolute Gasteiger partial charge is 0.296 e. The minimum atomic E-state index is -2.82. The van der Waals surface area contributed by atoms with Crippen LogP contribution in [0.3, 0.4) is 0 Å². The molecular weight excluding hydrogens is 508 g/mol. The second-order valence-electron chi connectivity index (χ2n) is 10.4. The van der Waals surface area contributed by atoms with Crippen molar-refractivity contribution in [1.29, 1.82) is 0 Å². The largest absolute Gasteiger partial charge is 0.378 e. The number of carbonyl (C=O) groups is 1. The lowest BCUT2D eigenvalue weighted by atomic mass is 10.0. The number of aromatic nitrogens is 5. The highest BCUT2D eigenvalue weighted by Crippen LogP contribution is 2.28. The van der Waals surface area contributed by atoms with Crippen molar-refractivity contribution >= 4 is 28.8 Å². The van der Waals surface area contributed by atoms with Crippen molar-refractivity contribution in [2.75, 3.05) is 62.3 Å². The van der Waals surface area contributed by atoms with E-state index in [1.807, 2.05) is 14.7 Å². The molecule has 2 N–H and O–H groups in total. The van der Waals surface area contributed by atoms with Gasteiger partial charge in [-0.25, -0.2) is 13.8 Å². The van der Waals surface area contributed by atoms with E-state index in [2.05, 4.69) is 28.8 Å². The van der Waals surface area contributed by atoms with Gasteiger partial charge in [0.05, 0.1) is 24.2 Å². The zero-order chi connectivity index (χ0) is 27.5. The highest BCUT2D eigenvalue weighted by molar-refractivity contribution is 5.78. The Morgan fingerprint density at radius 1 is 0.923 bits per heavy atom. The summed E-state index contributed by atoms with van der Waals surface area (Å²) < 4.78 is 35.0. The van der Waals surface area contributed by atoms with E-state index in [4.69, 9.17) is 15.5 Å². The van der Waals surface area contributed by atoms with E-state index >= 15 is 0 Å². The monoisotopic (exact) mass is 543 g/mol. The molecule has 2 aliphatic rings. The van der Waals surface area contributed by atoms with E-state index in [0.29, 0.717) is 87.8 Å². The average molecular weight is 544 g/mol. The summed E-state index contributed by atoms with van der Waals surface area (Å²) in [4.78, 5) is 36.7. The molecule has 0 radical (unpaired) electrons. The van der Waals surface area contributed by atoms with Crippen molar-refractivity contribution in [2.45, 2.75) is 39.2 Å². The molecule has 4 heterocycles. The Labute approximate surface area is 226 Å². The minimum absolute atomic E-state index is 0.0413. The van der Waals surface area contributed by atoms with Crippen LogP contribution in [-0.4, -0.2) is 93.8 Å². The summed E-state index contributed by atoms with van der Waals surface area (Å²) in [6, 6.07) is 6.77. The van der Waals surface area contributed by atoms with E-state index in [1.54, 1.807) is 24.3 Å². The van der Waals surface area contributed by atoms with Crippen LogP contribution < -0.4 is 15.5 Å². The molecule has 0 saturated carbocycles. The summed E-state index contributed by atoms with van der Waals surface area (Å²) in [5.74, 6) is 0.914. The predicted molar refractivity (Wildman–Crippen MR) is 143 cm³/mol. The predicted octanol–water partition coefficient (Wildman–Crippen LogP) is 2.40. The molecule has 0 spiro atoms. The molecule has 13 heteroatoms. The number of fused-ring (bicyclic) bond motifs is 1. The maximum Gasteiger partial charge on any atom is 0.296 e. The minimum Gasteiger partial charge on any atom is -0.378 e. The van der Waals surface area contributed by atoms with Gasteiger partial charge >= 0.3 is 0 Å². The molecule has 2 saturated heterocycles. The van der Waals surface area contributed by atoms with Gasteiger partial charge in [-0.1, -0.05) is 26.0 Å². The Balaban J connectivity index is 1.43. The van der Waals surface area contributed by atoms with Gasteiger partial charge in [0.2, 0.25) is 23.8 Å². The number of hydrogen-bond acceptors (Lipinski definition) is 9. The molecule has 0 unspecified atom stereocenters. The number of carbonyl (C=O) groups excluding carboxylic acids is 1. The number of amides is 1. The van der Waals surface area contributed by atoms with E-state index in [0.717, 1.165) is 6.42 Å². The van der Waals surface area contributed by atoms with Gasteiger partial charge in [0, 0.05) is 51.7 Å². The van der Waals surface area contributed by atoms with Crippen LogP contribution >= 0.6 is 0 Å². The first-order chi connectivity index (χ1) is 18.8. The topological polar surface area (TPSA) is 119 Å². The van der Waals surface area contributed by atoms with Crippen molar-refractivity contribution in [3.8, 4) is 5.95 Å². The number of anilines is 2. The second kappa shape index (κ2) is 11.7. The van der Waals surface area contributed by atoms with Gasteiger partial charge in [-0.2, -0.15) is 15.0 Å². The average Bonchev–Trinajstić information content (AvgIpc) is 3.33. The molecular formula is C26H35F2N9O2. The fourth-order valence-electron chi connectivity index (χ4n) is 5.09. The highest BCUT2D eigenvalue weighted by Gasteiger charge is 2.28. The molecule has 11 nitrogen and oxygen atoms in total. The summed E-state index contributed by atoms with van der Waals surface area (Å²) in [5.41, 5.74) is 7.09. The number of alkyl halides is 2. The summed E-state index contributed by atoms with van der Waals surface area (Å²) in [6.07, 6.45) is -1.70. The molecule has 0 bridgehead atoms. The fraction of sp³-hybridized carbons (Fsp3) is 0.577. The lowest BCUT2D eigenvalue weighted by molar-refractivity contribution is -0.131. The lowest BCUT2D eigenvalue weighted by Crippen LogP contribution is -2.50. The normalized spacial score (nSPS) is 17.5. The lowest BCUT2D eigenvalue weighted by Gasteiger charge is -2.36. The van der Waals surface area contributed by atoms with Crippen molar-refractivity contribution in [3.05, 3.63) is 30.1 Å². The molecule has 3 aromatic rings. The van der Waals surface area contributed by atoms with Gasteiger partial charge < -0.3 is 25.2 Å². The van der Waals surface area contributed by atoms with E-state index in [1.165, 1.54) is 4.57 Å². The number of nitrogens with two attached hydrogens (primary N) is 1. The third-order valence-electron chi connectivity index (χ3n) is 7.00. The number of imidazole rings is 1. The van der Waals surface area contributed by atoms with Crippen LogP contribution in [0.5, 0.6) is 0 Å². The van der Waals surface area contributed by atoms with Gasteiger partial charge in [-0.3, -0.25) is 9.36 Å². The molecule has 1 atom stereocenters. The van der Waals surface area contributed by atoms with Gasteiger partial charge in [-0.15, -0.1) is 0 Å². The maximum absolute atomic E-state index is 14.1. The van der Waals surface area contributed by atoms with Gasteiger partial charge in [-0.05, 0) is 24.5 Å². The zero-order valence-corrected chi connectivity index (χ0v) is 22.3. The number of rotatable bonds is 8. The summed E-state index contributed by atoms with van der Waals surface area (Å²) in [7, 11) is 0. The fourth-order valence-corrected chi connectivity index (χ4v) is 5.09. The van der Waals surface area contributed by atoms with Gasteiger partial charge in [0.25, 0.3) is 6.43 Å². The first-order valence-corrected chi connectivity index (χ1v) is 13.4. The zero-order valence-electron chi connectivity index (χ0n) is 22.3. The highest BCUT2D eigenvalue weighted by atomic mass is 19.3. The van der Waals surface area contributed by atoms with Crippen LogP contribution in [0.25, 0.3) is 17.0 Å². The number of halogens is 2. The Bertz CT molecular complexity index is 1290. The molecule has 39 heavy (non-hydrogen) atoms. The van der Waals surface area contributed by atoms with E-state index in [9.17, 15) is 13.6 Å². The molecule has 5 rings (SSSR count). The van der Waals surface area contributed by atoms with Gasteiger partial charge in [0.15, 0.2) is 5.82 Å². The quantitative estimate of drug-likeness (QED) is 0.457. The molecule has 1 amide bonds. The second-order valence-corrected chi connectivity index (χ2v) is 10.4. The summed E-state index contributed by atoms with van der Waals surface area (Å²) in [6.45, 7) is 8.38. The van der Waals surface area contributed by atoms with Crippen LogP contribution in [-0.2, 0) is 9.53 Å². The van der Waals surface area contributed by atoms with Crippen molar-refractivity contribution in [3.63, 3.8) is 0 Å². The van der Waals surface area contributed by atoms with E-state index in [-0.39, 0.29) is 17.9 Å². The number of piperazine rings is 1. The van der Waals surface area contributed by atoms with Crippen LogP contribution in [0, 0.1) is 5.92 Å². The Morgan fingerprint density at radius 2 is 1.54 bits per heavy atom. The molecule has 0 aliphatic carbocycles. The SMILES string of the molecule is CC(C)C[C@H](N)CC(=O)N1CCN(c2nc(N3CCOCC3)nc(-n3c(C(F)F)nc4ccccc43)n2)CC1. The number of hydrogen-bond donors (Lipinski definition) is 1. The van der Waals surface area contributed by atoms with Crippen molar-refractivity contribution < 1.29 is 18.3 Å². The maximum atomic E-state index is 14.1. The Kier molecular flexibility index (Phi) is 8.17. The van der Waals surface area contributed by atoms with Crippen molar-refractivity contribution in [1.82, 2.24) is 29.4 Å². The van der Waals surface area contributed by atoms with Crippen LogP contribution in [0.4, 0.5) is 20.7 Å². The number of para-hydroxylation sites is 2. The van der Waals surface area contributed by atoms with Crippen LogP contribution in [0.15, 0.2) is 24.3 Å². The van der Waals surface area contributed by atoms with Crippen molar-refractivity contribution in [2.24, 2.45) is 11.7 Å².